The fourth-order valence-corrected chi connectivity index (χ4v) is 5.48. The van der Waals surface area contributed by atoms with Crippen LogP contribution in [0, 0.1) is 0 Å². The summed E-state index contributed by atoms with van der Waals surface area (Å²) in [5.74, 6) is 0.981. The van der Waals surface area contributed by atoms with Gasteiger partial charge in [-0.1, -0.05) is 12.1 Å². The molecule has 11 nitrogen and oxygen atoms in total. The predicted molar refractivity (Wildman–Crippen MR) is 170 cm³/mol. The number of ether oxygens (including phenoxy) is 1. The van der Waals surface area contributed by atoms with E-state index < -0.39 is 5.60 Å². The summed E-state index contributed by atoms with van der Waals surface area (Å²) in [6, 6.07) is 19.3. The number of carbonyl (C=O) groups excluding carboxylic acids is 1. The fraction of sp³-hybridized carbons (Fsp3) is 0.303. The van der Waals surface area contributed by atoms with Gasteiger partial charge in [0.05, 0.1) is 16.8 Å². The van der Waals surface area contributed by atoms with E-state index in [1.54, 1.807) is 30.6 Å². The summed E-state index contributed by atoms with van der Waals surface area (Å²) in [7, 11) is 0. The number of aromatic nitrogens is 5. The number of nitrogens with two attached hydrogens (primary N) is 1. The topological polar surface area (TPSA) is 144 Å². The molecule has 4 N–H and O–H groups in total. The molecule has 1 aliphatic heterocycles. The first-order chi connectivity index (χ1) is 21.1. The van der Waals surface area contributed by atoms with Gasteiger partial charge < -0.3 is 20.8 Å². The number of carbonyl (C=O) groups is 1. The minimum atomic E-state index is -0.509. The molecule has 0 aliphatic carbocycles. The van der Waals surface area contributed by atoms with Gasteiger partial charge in [0.2, 0.25) is 0 Å². The van der Waals surface area contributed by atoms with Crippen molar-refractivity contribution in [2.45, 2.75) is 51.8 Å². The Labute approximate surface area is 255 Å². The van der Waals surface area contributed by atoms with E-state index in [2.05, 4.69) is 32.3 Å². The molecule has 11 heteroatoms. The van der Waals surface area contributed by atoms with Crippen LogP contribution in [0.4, 0.5) is 10.6 Å². The number of hydrogen-bond donors (Lipinski definition) is 3. The van der Waals surface area contributed by atoms with Crippen LogP contribution >= 0.6 is 0 Å². The van der Waals surface area contributed by atoms with E-state index in [9.17, 15) is 9.59 Å². The summed E-state index contributed by atoms with van der Waals surface area (Å²) >= 11 is 0. The zero-order valence-electron chi connectivity index (χ0n) is 25.1. The molecule has 0 unspecified atom stereocenters. The molecule has 1 aromatic carbocycles. The molecule has 1 fully saturated rings. The number of anilines is 1. The molecular formula is C33H36N8O3. The van der Waals surface area contributed by atoms with Gasteiger partial charge >= 0.3 is 6.09 Å². The summed E-state index contributed by atoms with van der Waals surface area (Å²) in [4.78, 5) is 43.9. The Morgan fingerprint density at radius 2 is 1.77 bits per heavy atom. The minimum absolute atomic E-state index is 0.111. The zero-order chi connectivity index (χ0) is 30.8. The first kappa shape index (κ1) is 29.1. The second kappa shape index (κ2) is 11.9. The van der Waals surface area contributed by atoms with E-state index in [0.29, 0.717) is 39.6 Å². The second-order valence-electron chi connectivity index (χ2n) is 12.0. The highest BCUT2D eigenvalue weighted by atomic mass is 16.6. The standard InChI is InChI=1S/C33H36N8O3/c1-33(2,3)44-32(43)37-22-14-18-40(19-15-22)20-21-8-10-23(11-9-21)41-29(25-7-5-16-35-28(25)34)39-27-13-12-26(38-30(27)41)24-6-4-17-36-31(24)42/h4-13,16-17,22H,14-15,18-20H2,1-3H3,(H2,34,35)(H,36,42)(H,37,43). The number of nitrogen functional groups attached to an aromatic ring is 1. The van der Waals surface area contributed by atoms with Crippen molar-refractivity contribution >= 4 is 23.1 Å². The van der Waals surface area contributed by atoms with Gasteiger partial charge in [0, 0.05) is 43.8 Å². The van der Waals surface area contributed by atoms with Crippen LogP contribution in [0.5, 0.6) is 0 Å². The van der Waals surface area contributed by atoms with Gasteiger partial charge in [0.15, 0.2) is 11.5 Å². The molecule has 0 radical (unpaired) electrons. The number of aromatic amines is 1. The van der Waals surface area contributed by atoms with E-state index in [1.165, 1.54) is 5.56 Å². The monoisotopic (exact) mass is 592 g/mol. The molecule has 5 heterocycles. The van der Waals surface area contributed by atoms with Crippen molar-refractivity contribution in [3.05, 3.63) is 89.0 Å². The van der Waals surface area contributed by atoms with E-state index in [-0.39, 0.29) is 17.7 Å². The third-order valence-electron chi connectivity index (χ3n) is 7.59. The van der Waals surface area contributed by atoms with Gasteiger partial charge in [0.25, 0.3) is 5.56 Å². The van der Waals surface area contributed by atoms with Crippen LogP contribution in [-0.2, 0) is 11.3 Å². The summed E-state index contributed by atoms with van der Waals surface area (Å²) in [5, 5.41) is 3.00. The highest BCUT2D eigenvalue weighted by Gasteiger charge is 2.24. The number of fused-ring (bicyclic) bond motifs is 1. The van der Waals surface area contributed by atoms with E-state index >= 15 is 0 Å². The number of benzene rings is 1. The van der Waals surface area contributed by atoms with Crippen LogP contribution in [0.1, 0.15) is 39.2 Å². The number of hydrogen-bond acceptors (Lipinski definition) is 8. The molecule has 226 valence electrons. The van der Waals surface area contributed by atoms with Crippen LogP contribution in [0.15, 0.2) is 77.9 Å². The number of piperidine rings is 1. The first-order valence-electron chi connectivity index (χ1n) is 14.7. The van der Waals surface area contributed by atoms with E-state index in [1.807, 2.05) is 55.7 Å². The molecule has 5 aromatic rings. The lowest BCUT2D eigenvalue weighted by molar-refractivity contribution is 0.0477. The molecule has 44 heavy (non-hydrogen) atoms. The molecule has 0 saturated carbocycles. The Hall–Kier alpha value is -5.03. The smallest absolute Gasteiger partial charge is 0.407 e. The number of pyridine rings is 3. The van der Waals surface area contributed by atoms with Crippen LogP contribution in [0.3, 0.4) is 0 Å². The largest absolute Gasteiger partial charge is 0.444 e. The van der Waals surface area contributed by atoms with Crippen LogP contribution in [0.25, 0.3) is 39.5 Å². The van der Waals surface area contributed by atoms with Crippen molar-refractivity contribution in [1.29, 1.82) is 0 Å². The number of H-pyrrole nitrogens is 1. The van der Waals surface area contributed by atoms with Crippen molar-refractivity contribution < 1.29 is 9.53 Å². The van der Waals surface area contributed by atoms with Gasteiger partial charge in [-0.2, -0.15) is 0 Å². The highest BCUT2D eigenvalue weighted by Crippen LogP contribution is 2.31. The quantitative estimate of drug-likeness (QED) is 0.252. The summed E-state index contributed by atoms with van der Waals surface area (Å²) < 4.78 is 7.37. The molecule has 1 amide bonds. The molecule has 0 atom stereocenters. The number of rotatable bonds is 6. The maximum Gasteiger partial charge on any atom is 0.407 e. The maximum absolute atomic E-state index is 12.5. The van der Waals surface area contributed by atoms with Crippen LogP contribution in [-0.4, -0.2) is 60.2 Å². The fourth-order valence-electron chi connectivity index (χ4n) is 5.48. The normalized spacial score (nSPS) is 14.5. The summed E-state index contributed by atoms with van der Waals surface area (Å²) in [6.45, 7) is 8.16. The number of nitrogens with one attached hydrogen (secondary N) is 2. The molecule has 0 bridgehead atoms. The van der Waals surface area contributed by atoms with E-state index in [0.717, 1.165) is 38.2 Å². The van der Waals surface area contributed by atoms with Gasteiger partial charge in [-0.25, -0.2) is 19.7 Å². The van der Waals surface area contributed by atoms with Gasteiger partial charge in [-0.15, -0.1) is 0 Å². The lowest BCUT2D eigenvalue weighted by atomic mass is 10.0. The molecule has 0 spiro atoms. The molecule has 4 aromatic heterocycles. The number of amides is 1. The van der Waals surface area contributed by atoms with Gasteiger partial charge in [-0.3, -0.25) is 14.3 Å². The molecular weight excluding hydrogens is 556 g/mol. The second-order valence-corrected chi connectivity index (χ2v) is 12.0. The number of alkyl carbamates (subject to hydrolysis) is 1. The Kier molecular flexibility index (Phi) is 7.88. The SMILES string of the molecule is CC(C)(C)OC(=O)NC1CCN(Cc2ccc(-n3c(-c4cccnc4N)nc4ccc(-c5ccc[nH]c5=O)nc43)cc2)CC1. The number of likely N-dealkylation sites (tertiary alicyclic amines) is 1. The predicted octanol–water partition coefficient (Wildman–Crippen LogP) is 4.91. The minimum Gasteiger partial charge on any atom is -0.444 e. The average molecular weight is 593 g/mol. The van der Waals surface area contributed by atoms with Crippen molar-refractivity contribution in [3.63, 3.8) is 0 Å². The Bertz CT molecular complexity index is 1850. The maximum atomic E-state index is 12.5. The third kappa shape index (κ3) is 6.32. The third-order valence-corrected chi connectivity index (χ3v) is 7.59. The van der Waals surface area contributed by atoms with E-state index in [4.69, 9.17) is 20.4 Å². The summed E-state index contributed by atoms with van der Waals surface area (Å²) in [6.07, 6.45) is 4.62. The summed E-state index contributed by atoms with van der Waals surface area (Å²) in [5.41, 5.74) is 10.6. The molecule has 1 aliphatic rings. The average Bonchev–Trinajstić information content (AvgIpc) is 3.36. The van der Waals surface area contributed by atoms with Crippen molar-refractivity contribution in [2.75, 3.05) is 18.8 Å². The molecule has 6 rings (SSSR count). The lowest BCUT2D eigenvalue weighted by Crippen LogP contribution is -2.45. The first-order valence-corrected chi connectivity index (χ1v) is 14.7. The van der Waals surface area contributed by atoms with Gasteiger partial charge in [0.1, 0.15) is 16.9 Å². The van der Waals surface area contributed by atoms with Crippen molar-refractivity contribution in [2.24, 2.45) is 0 Å². The van der Waals surface area contributed by atoms with Gasteiger partial charge in [-0.05, 0) is 87.7 Å². The Morgan fingerprint density at radius 1 is 1.02 bits per heavy atom. The van der Waals surface area contributed by atoms with Crippen LogP contribution < -0.4 is 16.6 Å². The number of nitrogens with zero attached hydrogens (tertiary/aromatic N) is 5. The Morgan fingerprint density at radius 3 is 2.48 bits per heavy atom. The zero-order valence-corrected chi connectivity index (χ0v) is 25.1. The highest BCUT2D eigenvalue weighted by molar-refractivity contribution is 5.84. The lowest BCUT2D eigenvalue weighted by Gasteiger charge is -2.32. The Balaban J connectivity index is 1.25. The molecule has 1 saturated heterocycles. The van der Waals surface area contributed by atoms with Crippen LogP contribution in [0.2, 0.25) is 0 Å². The van der Waals surface area contributed by atoms with Crippen molar-refractivity contribution in [3.8, 4) is 28.3 Å². The van der Waals surface area contributed by atoms with Crippen molar-refractivity contribution in [1.82, 2.24) is 34.7 Å². The number of imidazole rings is 1.